The van der Waals surface area contributed by atoms with Crippen molar-refractivity contribution in [1.82, 2.24) is 30.7 Å². The minimum absolute atomic E-state index is 0.0491. The maximum Gasteiger partial charge on any atom is 0.274 e. The zero-order valence-electron chi connectivity index (χ0n) is 33.4. The summed E-state index contributed by atoms with van der Waals surface area (Å²) >= 11 is 0. The fourth-order valence-corrected chi connectivity index (χ4v) is 7.23. The van der Waals surface area contributed by atoms with Crippen LogP contribution in [0.25, 0.3) is 11.4 Å². The smallest absolute Gasteiger partial charge is 0.274 e. The van der Waals surface area contributed by atoms with Gasteiger partial charge in [-0.25, -0.2) is 9.37 Å². The van der Waals surface area contributed by atoms with E-state index in [0.29, 0.717) is 54.3 Å². The Balaban J connectivity index is 0.993. The minimum atomic E-state index is -0.989. The Kier molecular flexibility index (Phi) is 13.1. The minimum Gasteiger partial charge on any atom is -0.494 e. The second-order valence-corrected chi connectivity index (χ2v) is 15.8. The highest BCUT2D eigenvalue weighted by molar-refractivity contribution is 6.04. The van der Waals surface area contributed by atoms with E-state index < -0.39 is 41.3 Å². The number of aryl methyl sites for hydroxylation is 1. The molecule has 2 fully saturated rings. The number of piperidine rings is 1. The van der Waals surface area contributed by atoms with Gasteiger partial charge in [0.1, 0.15) is 36.0 Å². The number of halogens is 1. The number of benzene rings is 2. The fourth-order valence-electron chi connectivity index (χ4n) is 7.23. The topological polar surface area (TPSA) is 191 Å². The van der Waals surface area contributed by atoms with E-state index >= 15 is 0 Å². The second-order valence-electron chi connectivity index (χ2n) is 15.8. The van der Waals surface area contributed by atoms with Gasteiger partial charge in [-0.05, 0) is 78.8 Å². The van der Waals surface area contributed by atoms with Crippen LogP contribution < -0.4 is 25.6 Å². The molecule has 58 heavy (non-hydrogen) atoms. The molecule has 4 aromatic rings. The van der Waals surface area contributed by atoms with Gasteiger partial charge in [-0.2, -0.15) is 5.10 Å². The van der Waals surface area contributed by atoms with E-state index in [1.54, 1.807) is 49.5 Å². The molecule has 5 N–H and O–H groups in total. The molecular weight excluding hydrogens is 748 g/mol. The molecule has 16 heteroatoms. The van der Waals surface area contributed by atoms with E-state index in [2.05, 4.69) is 36.0 Å². The van der Waals surface area contributed by atoms with Gasteiger partial charge >= 0.3 is 0 Å². The number of aromatic amines is 1. The molecular formula is C42H51FN8O7. The number of anilines is 2. The number of carbonyl (C=O) groups excluding carboxylic acids is 4. The number of methoxy groups -OCH3 is 1. The van der Waals surface area contributed by atoms with Crippen molar-refractivity contribution in [2.24, 2.45) is 5.41 Å². The Morgan fingerprint density at radius 1 is 1.05 bits per heavy atom. The van der Waals surface area contributed by atoms with Crippen molar-refractivity contribution < 1.29 is 38.1 Å². The van der Waals surface area contributed by atoms with Gasteiger partial charge < -0.3 is 40.3 Å². The van der Waals surface area contributed by atoms with Crippen molar-refractivity contribution in [3.8, 4) is 17.1 Å². The molecule has 15 nitrogen and oxygen atoms in total. The van der Waals surface area contributed by atoms with Gasteiger partial charge in [0.05, 0.1) is 36.4 Å². The number of nitrogens with one attached hydrogen (secondary N) is 4. The lowest BCUT2D eigenvalue weighted by molar-refractivity contribution is -0.145. The molecule has 2 aliphatic rings. The van der Waals surface area contributed by atoms with Crippen molar-refractivity contribution in [2.75, 3.05) is 43.6 Å². The maximum absolute atomic E-state index is 14.0. The van der Waals surface area contributed by atoms with Crippen molar-refractivity contribution in [1.29, 1.82) is 0 Å². The fraction of sp³-hybridized carbons (Fsp3) is 0.429. The number of ether oxygens (including phenoxy) is 2. The summed E-state index contributed by atoms with van der Waals surface area (Å²) in [4.78, 5) is 61.6. The first-order valence-electron chi connectivity index (χ1n) is 19.3. The maximum atomic E-state index is 14.0. The number of aromatic nitrogens is 3. The van der Waals surface area contributed by atoms with Crippen LogP contribution in [-0.2, 0) is 25.7 Å². The number of nitrogens with zero attached hydrogens (tertiary/aromatic N) is 4. The van der Waals surface area contributed by atoms with Crippen LogP contribution in [0.1, 0.15) is 61.6 Å². The first-order valence-corrected chi connectivity index (χ1v) is 19.3. The Morgan fingerprint density at radius 3 is 2.52 bits per heavy atom. The number of pyridine rings is 1. The van der Waals surface area contributed by atoms with Gasteiger partial charge in [0.15, 0.2) is 0 Å². The van der Waals surface area contributed by atoms with E-state index in [9.17, 15) is 28.7 Å². The summed E-state index contributed by atoms with van der Waals surface area (Å²) < 4.78 is 25.2. The van der Waals surface area contributed by atoms with Crippen LogP contribution in [0.3, 0.4) is 0 Å². The zero-order chi connectivity index (χ0) is 41.6. The highest BCUT2D eigenvalue weighted by Crippen LogP contribution is 2.32. The van der Waals surface area contributed by atoms with Crippen molar-refractivity contribution >= 4 is 35.0 Å². The third kappa shape index (κ3) is 10.2. The molecule has 0 aliphatic carbocycles. The number of likely N-dealkylation sites (tertiary alicyclic amines) is 1. The van der Waals surface area contributed by atoms with Crippen LogP contribution >= 0.6 is 0 Å². The molecule has 4 amide bonds. The lowest BCUT2D eigenvalue weighted by Crippen LogP contribution is -2.58. The van der Waals surface area contributed by atoms with Crippen molar-refractivity contribution in [3.05, 3.63) is 89.5 Å². The number of aliphatic hydroxyl groups excluding tert-OH is 1. The zero-order valence-corrected chi connectivity index (χ0v) is 33.4. The number of rotatable bonds is 13. The summed E-state index contributed by atoms with van der Waals surface area (Å²) in [5, 5.41) is 25.8. The lowest BCUT2D eigenvalue weighted by atomic mass is 9.85. The Labute approximate surface area is 336 Å². The molecule has 0 saturated carbocycles. The lowest BCUT2D eigenvalue weighted by Gasteiger charge is -2.36. The average molecular weight is 799 g/mol. The van der Waals surface area contributed by atoms with Crippen LogP contribution in [-0.4, -0.2) is 106 Å². The quantitative estimate of drug-likeness (QED) is 0.132. The summed E-state index contributed by atoms with van der Waals surface area (Å²) in [6, 6.07) is 14.9. The third-order valence-electron chi connectivity index (χ3n) is 10.5. The summed E-state index contributed by atoms with van der Waals surface area (Å²) in [6.07, 6.45) is 1.87. The first kappa shape index (κ1) is 41.8. The van der Waals surface area contributed by atoms with Crippen molar-refractivity contribution in [2.45, 2.75) is 77.8 Å². The third-order valence-corrected chi connectivity index (χ3v) is 10.5. The molecule has 308 valence electrons. The predicted octanol–water partition coefficient (Wildman–Crippen LogP) is 3.97. The molecule has 0 spiro atoms. The van der Waals surface area contributed by atoms with Gasteiger partial charge in [-0.3, -0.25) is 24.3 Å². The van der Waals surface area contributed by atoms with Crippen LogP contribution in [0.4, 0.5) is 15.8 Å². The van der Waals surface area contributed by atoms with Gasteiger partial charge in [-0.15, -0.1) is 0 Å². The number of H-pyrrole nitrogens is 1. The molecule has 0 unspecified atom stereocenters. The number of β-amino-alcohol motifs (C(OH)–C–C–N with tert-alkyl or cyclic N) is 1. The van der Waals surface area contributed by atoms with Crippen LogP contribution in [0, 0.1) is 18.2 Å². The molecule has 2 aliphatic heterocycles. The van der Waals surface area contributed by atoms with Gasteiger partial charge in [0.25, 0.3) is 5.91 Å². The largest absolute Gasteiger partial charge is 0.494 e. The van der Waals surface area contributed by atoms with Gasteiger partial charge in [-0.1, -0.05) is 32.9 Å². The van der Waals surface area contributed by atoms with E-state index in [4.69, 9.17) is 9.47 Å². The number of hydrogen-bond acceptors (Lipinski definition) is 10. The molecule has 0 radical (unpaired) electrons. The van der Waals surface area contributed by atoms with Crippen molar-refractivity contribution in [3.63, 3.8) is 0 Å². The van der Waals surface area contributed by atoms with E-state index in [0.717, 1.165) is 11.3 Å². The summed E-state index contributed by atoms with van der Waals surface area (Å²) in [5.41, 5.74) is 3.63. The number of hydrogen-bond donors (Lipinski definition) is 5. The van der Waals surface area contributed by atoms with Gasteiger partial charge in [0, 0.05) is 50.6 Å². The molecule has 4 heterocycles. The molecule has 2 aromatic carbocycles. The van der Waals surface area contributed by atoms with Crippen LogP contribution in [0.2, 0.25) is 0 Å². The second kappa shape index (κ2) is 18.2. The molecule has 2 saturated heterocycles. The molecule has 6 rings (SSSR count). The Bertz CT molecular complexity index is 2100. The summed E-state index contributed by atoms with van der Waals surface area (Å²) in [7, 11) is 1.54. The summed E-state index contributed by atoms with van der Waals surface area (Å²) in [5.74, 6) is -1.64. The number of amides is 4. The monoisotopic (exact) mass is 798 g/mol. The normalized spacial score (nSPS) is 17.8. The number of carbonyl (C=O) groups is 4. The van der Waals surface area contributed by atoms with Crippen LogP contribution in [0.15, 0.2) is 66.9 Å². The van der Waals surface area contributed by atoms with Crippen LogP contribution in [0.5, 0.6) is 5.75 Å². The van der Waals surface area contributed by atoms with E-state index in [-0.39, 0.29) is 49.6 Å². The first-order chi connectivity index (χ1) is 27.7. The SMILES string of the molecule is COc1cc(N2CCC(OCC(=O)N[C@H](C(=O)N3C[C@H](O)C[C@H]3C(=O)NCc3ccc(F)cc3C)C(C)(C)C)CC2)ccc1NC(=O)c1cccc(-c2ccn[nH]2)n1. The van der Waals surface area contributed by atoms with Gasteiger partial charge in [0.2, 0.25) is 17.7 Å². The molecule has 2 aromatic heterocycles. The standard InChI is InChI=1S/C42H51FN8O7/c1-25-19-27(43)10-9-26(25)22-44-40(55)35-21-29(52)23-51(35)41(56)38(42(2,3)4)48-37(53)24-58-30-14-17-50(18-15-30)28-11-12-33(36(20-28)57-5)47-39(54)34-8-6-7-31(46-34)32-13-16-45-49-32/h6-13,16,19-20,29-30,35,38,52H,14-15,17-18,21-24H2,1-5H3,(H,44,55)(H,45,49)(H,47,54)(H,48,53)/t29-,35+,38-/m1/s1. The predicted molar refractivity (Wildman–Crippen MR) is 214 cm³/mol. The highest BCUT2D eigenvalue weighted by atomic mass is 19.1. The van der Waals surface area contributed by atoms with E-state index in [1.165, 1.54) is 24.1 Å². The highest BCUT2D eigenvalue weighted by Gasteiger charge is 2.44. The van der Waals surface area contributed by atoms with E-state index in [1.807, 2.05) is 32.9 Å². The molecule has 0 bridgehead atoms. The summed E-state index contributed by atoms with van der Waals surface area (Å²) in [6.45, 7) is 8.34. The Hall–Kier alpha value is -5.87. The number of aliphatic hydroxyl groups is 1. The average Bonchev–Trinajstić information content (AvgIpc) is 3.89. The Morgan fingerprint density at radius 2 is 1.83 bits per heavy atom. The molecule has 3 atom stereocenters.